The van der Waals surface area contributed by atoms with Gasteiger partial charge < -0.3 is 31.2 Å². The average molecular weight is 344 g/mol. The van der Waals surface area contributed by atoms with Crippen molar-refractivity contribution in [2.45, 2.75) is 4.90 Å². The first-order valence-electron chi connectivity index (χ1n) is 4.75. The van der Waals surface area contributed by atoms with E-state index in [9.17, 15) is 22.9 Å². The predicted molar refractivity (Wildman–Crippen MR) is 71.4 cm³/mol. The molecule has 0 atom stereocenters. The van der Waals surface area contributed by atoms with E-state index in [1.54, 1.807) is 0 Å². The second-order valence-electron chi connectivity index (χ2n) is 3.64. The van der Waals surface area contributed by atoms with E-state index in [0.29, 0.717) is 5.39 Å². The van der Waals surface area contributed by atoms with Crippen LogP contribution in [0.15, 0.2) is 35.2 Å². The first-order chi connectivity index (χ1) is 8.29. The van der Waals surface area contributed by atoms with Crippen molar-refractivity contribution in [2.75, 3.05) is 0 Å². The molecule has 9 nitrogen and oxygen atoms in total. The smallest absolute Gasteiger partial charge is 0.744 e. The van der Waals surface area contributed by atoms with Gasteiger partial charge in [0.25, 0.3) is 0 Å². The molecule has 2 aromatic carbocycles. The third-order valence-electron chi connectivity index (χ3n) is 2.45. The van der Waals surface area contributed by atoms with E-state index in [4.69, 9.17) is 5.11 Å². The van der Waals surface area contributed by atoms with Gasteiger partial charge in [0, 0.05) is 0 Å². The maximum Gasteiger partial charge on any atom is 1.00 e. The molecule has 0 bridgehead atoms. The number of phenols is 1. The fraction of sp³-hybridized carbons (Fsp3) is 0. The Hall–Kier alpha value is -1.24. The summed E-state index contributed by atoms with van der Waals surface area (Å²) in [6.45, 7) is 0. The van der Waals surface area contributed by atoms with Crippen molar-refractivity contribution >= 4 is 26.9 Å². The van der Waals surface area contributed by atoms with Crippen molar-refractivity contribution in [3.63, 3.8) is 0 Å². The minimum atomic E-state index is -4.60. The van der Waals surface area contributed by atoms with E-state index in [1.807, 2.05) is 0 Å². The number of aromatic carboxylic acids is 1. The van der Waals surface area contributed by atoms with Gasteiger partial charge in [-0.2, -0.15) is 0 Å². The molecule has 0 fully saturated rings. The van der Waals surface area contributed by atoms with Gasteiger partial charge in [0.1, 0.15) is 21.4 Å². The van der Waals surface area contributed by atoms with Gasteiger partial charge in [0.2, 0.25) is 0 Å². The van der Waals surface area contributed by atoms with Crippen molar-refractivity contribution < 1.29 is 74.0 Å². The second kappa shape index (κ2) is 9.02. The maximum atomic E-state index is 10.8. The third-order valence-corrected chi connectivity index (χ3v) is 3.28. The van der Waals surface area contributed by atoms with Gasteiger partial charge in [-0.1, -0.05) is 6.07 Å². The van der Waals surface area contributed by atoms with Gasteiger partial charge in [-0.05, 0) is 35.0 Å². The molecule has 0 spiro atoms. The molecule has 0 radical (unpaired) electrons. The van der Waals surface area contributed by atoms with Crippen LogP contribution in [-0.2, 0) is 10.1 Å². The van der Waals surface area contributed by atoms with Crippen LogP contribution < -0.4 is 29.6 Å². The van der Waals surface area contributed by atoms with Crippen LogP contribution in [0.2, 0.25) is 0 Å². The molecule has 0 unspecified atom stereocenters. The monoisotopic (exact) mass is 344 g/mol. The van der Waals surface area contributed by atoms with Gasteiger partial charge in [0.15, 0.2) is 0 Å². The number of carboxylic acid groups (broad SMARTS) is 1. The molecule has 0 aliphatic carbocycles. The molecule has 0 saturated heterocycles. The van der Waals surface area contributed by atoms with Crippen LogP contribution >= 0.6 is 0 Å². The van der Waals surface area contributed by atoms with E-state index in [1.165, 1.54) is 12.1 Å². The van der Waals surface area contributed by atoms with Crippen LogP contribution in [0, 0.1) is 0 Å². The molecule has 0 aliphatic heterocycles. The first-order valence-corrected chi connectivity index (χ1v) is 6.16. The number of fused-ring (bicyclic) bond motifs is 1. The predicted octanol–water partition coefficient (Wildman–Crippen LogP) is -4.32. The zero-order valence-corrected chi connectivity index (χ0v) is 14.1. The zero-order valence-electron chi connectivity index (χ0n) is 11.3. The van der Waals surface area contributed by atoms with E-state index in [-0.39, 0.29) is 56.9 Å². The number of aromatic hydroxyl groups is 1. The quantitative estimate of drug-likeness (QED) is 0.406. The molecule has 22 heavy (non-hydrogen) atoms. The Morgan fingerprint density at radius 2 is 1.55 bits per heavy atom. The molecule has 2 rings (SSSR count). The Morgan fingerprint density at radius 1 is 1.00 bits per heavy atom. The molecule has 0 amide bonds. The number of rotatable bonds is 2. The fourth-order valence-electron chi connectivity index (χ4n) is 1.59. The summed E-state index contributed by atoms with van der Waals surface area (Å²) >= 11 is 0. The van der Waals surface area contributed by atoms with Crippen LogP contribution in [-0.4, -0.2) is 45.6 Å². The van der Waals surface area contributed by atoms with Crippen molar-refractivity contribution in [1.82, 2.24) is 0 Å². The molecule has 8 N–H and O–H groups in total. The molecule has 0 saturated carbocycles. The summed E-state index contributed by atoms with van der Waals surface area (Å²) < 4.78 is 32.5. The van der Waals surface area contributed by atoms with Crippen molar-refractivity contribution in [1.29, 1.82) is 0 Å². The number of hydrogen-bond acceptors (Lipinski definition) is 5. The van der Waals surface area contributed by atoms with Gasteiger partial charge in [-0.3, -0.25) is 0 Å². The van der Waals surface area contributed by atoms with Crippen molar-refractivity contribution in [3.05, 3.63) is 35.9 Å². The standard InChI is InChI=1S/C11H8O6S.Na.3H2O/c12-10-5-6-1-2-8(18(15,16)17)3-7(6)4-9(10)11(13)14;;;;/h1-5,12H,(H,13,14)(H,15,16,17);;3*1H2/q;+1;;;/p-1. The Labute approximate surface area is 147 Å². The molecular weight excluding hydrogens is 331 g/mol. The maximum absolute atomic E-state index is 10.8. The molecule has 0 heterocycles. The summed E-state index contributed by atoms with van der Waals surface area (Å²) in [5.41, 5.74) is -0.358. The van der Waals surface area contributed by atoms with Crippen LogP contribution in [0.25, 0.3) is 10.8 Å². The van der Waals surface area contributed by atoms with Crippen LogP contribution in [0.3, 0.4) is 0 Å². The van der Waals surface area contributed by atoms with Crippen LogP contribution in [0.4, 0.5) is 0 Å². The fourth-order valence-corrected chi connectivity index (χ4v) is 2.10. The normalized spacial score (nSPS) is 9.50. The van der Waals surface area contributed by atoms with E-state index >= 15 is 0 Å². The summed E-state index contributed by atoms with van der Waals surface area (Å²) in [5, 5.41) is 18.9. The first kappa shape index (κ1) is 25.7. The summed E-state index contributed by atoms with van der Waals surface area (Å²) in [4.78, 5) is 10.4. The topological polar surface area (TPSA) is 209 Å². The number of carboxylic acids is 1. The minimum absolute atomic E-state index is 0. The number of hydrogen-bond donors (Lipinski definition) is 2. The Bertz CT molecular complexity index is 757. The average Bonchev–Trinajstić information content (AvgIpc) is 2.25. The largest absolute Gasteiger partial charge is 1.00 e. The molecule has 0 aromatic heterocycles. The van der Waals surface area contributed by atoms with Crippen molar-refractivity contribution in [2.24, 2.45) is 0 Å². The van der Waals surface area contributed by atoms with Gasteiger partial charge in [-0.25, -0.2) is 13.2 Å². The van der Waals surface area contributed by atoms with Crippen molar-refractivity contribution in [3.8, 4) is 5.75 Å². The number of benzene rings is 2. The summed E-state index contributed by atoms with van der Waals surface area (Å²) in [5.74, 6) is -1.77. The molecule has 2 aromatic rings. The second-order valence-corrected chi connectivity index (χ2v) is 5.02. The van der Waals surface area contributed by atoms with E-state index < -0.39 is 26.7 Å². The number of carbonyl (C=O) groups is 1. The van der Waals surface area contributed by atoms with Gasteiger partial charge in [-0.15, -0.1) is 0 Å². The summed E-state index contributed by atoms with van der Waals surface area (Å²) in [7, 11) is -4.60. The van der Waals surface area contributed by atoms with Gasteiger partial charge >= 0.3 is 35.5 Å². The minimum Gasteiger partial charge on any atom is -0.744 e. The molecular formula is C11H13NaO9S. The molecule has 118 valence electrons. The zero-order chi connectivity index (χ0) is 13.5. The van der Waals surface area contributed by atoms with Gasteiger partial charge in [0.05, 0.1) is 4.90 Å². The molecule has 0 aliphatic rings. The van der Waals surface area contributed by atoms with E-state index in [0.717, 1.165) is 18.2 Å². The summed E-state index contributed by atoms with van der Waals surface area (Å²) in [6.07, 6.45) is 0. The Kier molecular flexibility index (Phi) is 10.5. The SMILES string of the molecule is O.O.O.O=C(O)c1cc2cc(S(=O)(=O)[O-])ccc2cc1O.[Na+]. The Balaban J connectivity index is -0.000000902. The molecule has 11 heteroatoms. The van der Waals surface area contributed by atoms with Crippen LogP contribution in [0.1, 0.15) is 10.4 Å². The van der Waals surface area contributed by atoms with E-state index in [2.05, 4.69) is 0 Å². The summed E-state index contributed by atoms with van der Waals surface area (Å²) in [6, 6.07) is 5.81. The van der Waals surface area contributed by atoms with Crippen LogP contribution in [0.5, 0.6) is 5.75 Å². The Morgan fingerprint density at radius 3 is 2.00 bits per heavy atom. The third kappa shape index (κ3) is 5.19.